The topological polar surface area (TPSA) is 95.0 Å². The van der Waals surface area contributed by atoms with Crippen molar-refractivity contribution in [2.45, 2.75) is 6.92 Å². The molecule has 0 fully saturated rings. The zero-order chi connectivity index (χ0) is 9.14. The van der Waals surface area contributed by atoms with Gasteiger partial charge in [0, 0.05) is 4.37 Å². The summed E-state index contributed by atoms with van der Waals surface area (Å²) >= 11 is 0. The van der Waals surface area contributed by atoms with Crippen LogP contribution < -0.4 is 10.5 Å². The van der Waals surface area contributed by atoms with E-state index in [2.05, 4.69) is 4.37 Å². The first-order valence-corrected chi connectivity index (χ1v) is 4.35. The van der Waals surface area contributed by atoms with Gasteiger partial charge >= 0.3 is 4.88 Å². The van der Waals surface area contributed by atoms with E-state index in [1.54, 1.807) is 13.0 Å². The van der Waals surface area contributed by atoms with E-state index in [1.165, 1.54) is 0 Å². The summed E-state index contributed by atoms with van der Waals surface area (Å²) in [6, 6.07) is 1.71. The fourth-order valence-electron chi connectivity index (χ4n) is 0.701. The van der Waals surface area contributed by atoms with Crippen LogP contribution in [0.15, 0.2) is 0 Å². The standard InChI is InChI=1S/C6H7N3O2S/c1-2-11-6-5(8)4(3-7)12(10)9-6/h2,8H2,1H3. The van der Waals surface area contributed by atoms with Crippen molar-refractivity contribution in [2.24, 2.45) is 0 Å². The summed E-state index contributed by atoms with van der Waals surface area (Å²) < 4.78 is 19.5. The number of hydrogen-bond donors (Lipinski definition) is 1. The molecule has 0 saturated carbocycles. The molecule has 1 atom stereocenters. The second kappa shape index (κ2) is 3.38. The Hall–Kier alpha value is -1.32. The Morgan fingerprint density at radius 2 is 2.50 bits per heavy atom. The number of nitriles is 1. The van der Waals surface area contributed by atoms with Gasteiger partial charge in [0.25, 0.3) is 5.88 Å². The van der Waals surface area contributed by atoms with Crippen LogP contribution in [0.5, 0.6) is 5.88 Å². The predicted octanol–water partition coefficient (Wildman–Crippen LogP) is 0.662. The smallest absolute Gasteiger partial charge is 0.301 e. The molecule has 0 saturated heterocycles. The van der Waals surface area contributed by atoms with E-state index < -0.39 is 10.9 Å². The lowest BCUT2D eigenvalue weighted by molar-refractivity contribution is 0.331. The molecule has 1 aromatic heterocycles. The van der Waals surface area contributed by atoms with Crippen molar-refractivity contribution in [3.8, 4) is 11.9 Å². The highest BCUT2D eigenvalue weighted by atomic mass is 32.2. The second-order valence-electron chi connectivity index (χ2n) is 1.93. The van der Waals surface area contributed by atoms with Gasteiger partial charge in [-0.1, -0.05) is 0 Å². The van der Waals surface area contributed by atoms with Gasteiger partial charge in [0.1, 0.15) is 0 Å². The molecule has 64 valence electrons. The number of nitrogens with zero attached hydrogens (tertiary/aromatic N) is 2. The highest BCUT2D eigenvalue weighted by Crippen LogP contribution is 2.32. The number of rotatable bonds is 2. The molecule has 0 aliphatic carbocycles. The summed E-state index contributed by atoms with van der Waals surface area (Å²) in [5.41, 5.74) is 5.50. The molecule has 0 radical (unpaired) electrons. The van der Waals surface area contributed by atoms with Crippen LogP contribution >= 0.6 is 10.9 Å². The van der Waals surface area contributed by atoms with Gasteiger partial charge in [-0.2, -0.15) is 5.26 Å². The minimum absolute atomic E-state index is 0.0292. The lowest BCUT2D eigenvalue weighted by atomic mass is 10.4. The number of hydrogen-bond acceptors (Lipinski definition) is 5. The molecule has 2 N–H and O–H groups in total. The molecule has 12 heavy (non-hydrogen) atoms. The van der Waals surface area contributed by atoms with Crippen molar-refractivity contribution in [3.05, 3.63) is 4.88 Å². The van der Waals surface area contributed by atoms with Crippen molar-refractivity contribution in [3.63, 3.8) is 0 Å². The largest absolute Gasteiger partial charge is 0.568 e. The maximum atomic E-state index is 11.0. The van der Waals surface area contributed by atoms with Gasteiger partial charge < -0.3 is 15.0 Å². The molecule has 5 nitrogen and oxygen atoms in total. The van der Waals surface area contributed by atoms with Crippen molar-refractivity contribution < 1.29 is 9.29 Å². The summed E-state index contributed by atoms with van der Waals surface area (Å²) in [5, 5.41) is 8.48. The van der Waals surface area contributed by atoms with E-state index in [-0.39, 0.29) is 16.4 Å². The van der Waals surface area contributed by atoms with Gasteiger partial charge in [0.2, 0.25) is 0 Å². The normalized spacial score (nSPS) is 10.9. The van der Waals surface area contributed by atoms with Gasteiger partial charge in [-0.25, -0.2) is 0 Å². The first-order valence-electron chi connectivity index (χ1n) is 3.24. The molecule has 1 unspecified atom stereocenters. The zero-order valence-corrected chi connectivity index (χ0v) is 7.22. The molecule has 0 bridgehead atoms. The maximum Gasteiger partial charge on any atom is 0.301 e. The maximum absolute atomic E-state index is 11.0. The van der Waals surface area contributed by atoms with Gasteiger partial charge in [-0.05, 0) is 6.92 Å². The number of nitrogens with two attached hydrogens (primary N) is 1. The predicted molar refractivity (Wildman–Crippen MR) is 43.2 cm³/mol. The van der Waals surface area contributed by atoms with Crippen LogP contribution in [0, 0.1) is 11.3 Å². The van der Waals surface area contributed by atoms with E-state index in [4.69, 9.17) is 15.7 Å². The molecular formula is C6H7N3O2S. The van der Waals surface area contributed by atoms with Crippen molar-refractivity contribution >= 4 is 16.6 Å². The zero-order valence-electron chi connectivity index (χ0n) is 6.40. The molecule has 0 spiro atoms. The van der Waals surface area contributed by atoms with E-state index >= 15 is 0 Å². The minimum atomic E-state index is -1.67. The lowest BCUT2D eigenvalue weighted by Crippen LogP contribution is -1.95. The molecule has 1 heterocycles. The highest BCUT2D eigenvalue weighted by Gasteiger charge is 2.21. The van der Waals surface area contributed by atoms with E-state index in [1.807, 2.05) is 0 Å². The van der Waals surface area contributed by atoms with Crippen LogP contribution in [-0.2, 0) is 0 Å². The Labute approximate surface area is 72.3 Å². The fourth-order valence-corrected chi connectivity index (χ4v) is 1.45. The van der Waals surface area contributed by atoms with Gasteiger partial charge in [0.15, 0.2) is 11.8 Å². The number of nitrogen functional groups attached to an aromatic ring is 1. The SMILES string of the molecule is CCOc1n[s+]([O-])c(C#N)c1N. The number of aromatic nitrogens is 1. The summed E-state index contributed by atoms with van der Waals surface area (Å²) in [6.07, 6.45) is 0. The van der Waals surface area contributed by atoms with Crippen LogP contribution in [0.1, 0.15) is 11.8 Å². The number of anilines is 1. The highest BCUT2D eigenvalue weighted by molar-refractivity contribution is 7.21. The minimum Gasteiger partial charge on any atom is -0.568 e. The lowest BCUT2D eigenvalue weighted by Gasteiger charge is -1.93. The average Bonchev–Trinajstić information content (AvgIpc) is 2.29. The van der Waals surface area contributed by atoms with Crippen LogP contribution in [0.2, 0.25) is 0 Å². The van der Waals surface area contributed by atoms with Crippen LogP contribution in [0.25, 0.3) is 0 Å². The van der Waals surface area contributed by atoms with Crippen LogP contribution in [-0.4, -0.2) is 15.5 Å². The Bertz CT molecular complexity index is 328. The van der Waals surface area contributed by atoms with E-state index in [9.17, 15) is 4.55 Å². The van der Waals surface area contributed by atoms with Crippen LogP contribution in [0.4, 0.5) is 5.69 Å². The summed E-state index contributed by atoms with van der Waals surface area (Å²) in [5.74, 6) is 0.104. The summed E-state index contributed by atoms with van der Waals surface area (Å²) in [6.45, 7) is 2.14. The Kier molecular flexibility index (Phi) is 2.47. The van der Waals surface area contributed by atoms with Gasteiger partial charge in [0.05, 0.1) is 17.6 Å². The summed E-state index contributed by atoms with van der Waals surface area (Å²) in [7, 11) is -1.67. The molecule has 0 amide bonds. The Morgan fingerprint density at radius 3 is 2.92 bits per heavy atom. The van der Waals surface area contributed by atoms with Crippen molar-refractivity contribution in [2.75, 3.05) is 12.3 Å². The summed E-state index contributed by atoms with van der Waals surface area (Å²) in [4.78, 5) is -0.0292. The molecule has 0 aliphatic rings. The monoisotopic (exact) mass is 185 g/mol. The third-order valence-electron chi connectivity index (χ3n) is 1.20. The van der Waals surface area contributed by atoms with Crippen molar-refractivity contribution in [1.82, 2.24) is 4.37 Å². The van der Waals surface area contributed by atoms with Gasteiger partial charge in [-0.15, -0.1) is 0 Å². The first-order chi connectivity index (χ1) is 5.70. The quantitative estimate of drug-likeness (QED) is 0.683. The molecular weight excluding hydrogens is 178 g/mol. The second-order valence-corrected chi connectivity index (χ2v) is 3.02. The number of ether oxygens (including phenoxy) is 1. The van der Waals surface area contributed by atoms with Crippen molar-refractivity contribution in [1.29, 1.82) is 5.26 Å². The Morgan fingerprint density at radius 1 is 1.83 bits per heavy atom. The first kappa shape index (κ1) is 8.77. The third kappa shape index (κ3) is 1.32. The third-order valence-corrected chi connectivity index (χ3v) is 2.19. The molecule has 6 heteroatoms. The molecule has 0 aliphatic heterocycles. The van der Waals surface area contributed by atoms with E-state index in [0.29, 0.717) is 6.61 Å². The molecule has 1 rings (SSSR count). The Balaban J connectivity index is 3.10. The fraction of sp³-hybridized carbons (Fsp3) is 0.333. The molecule has 1 aromatic rings. The van der Waals surface area contributed by atoms with Crippen LogP contribution in [0.3, 0.4) is 0 Å². The average molecular weight is 185 g/mol. The van der Waals surface area contributed by atoms with E-state index in [0.717, 1.165) is 0 Å². The molecule has 0 aromatic carbocycles. The van der Waals surface area contributed by atoms with Gasteiger partial charge in [-0.3, -0.25) is 0 Å².